The van der Waals surface area contributed by atoms with E-state index < -0.39 is 5.78 Å². The number of aromatic nitrogens is 2. The van der Waals surface area contributed by atoms with E-state index >= 15 is 0 Å². The molecular weight excluding hydrogens is 356 g/mol. The molecule has 3 N–H and O–H groups in total. The average Bonchev–Trinajstić information content (AvgIpc) is 3.21. The van der Waals surface area contributed by atoms with Crippen molar-refractivity contribution in [2.45, 2.75) is 0 Å². The van der Waals surface area contributed by atoms with Gasteiger partial charge < -0.3 is 19.9 Å². The maximum atomic E-state index is 12.8. The number of Topliss-reactive ketones (excluding diaryl/α,β-unsaturated/α-hetero) is 1. The van der Waals surface area contributed by atoms with Gasteiger partial charge in [-0.1, -0.05) is 18.2 Å². The van der Waals surface area contributed by atoms with Crippen LogP contribution in [0.5, 0.6) is 17.2 Å². The van der Waals surface area contributed by atoms with Crippen LogP contribution in [-0.2, 0) is 0 Å². The first-order chi connectivity index (χ1) is 13.6. The Morgan fingerprint density at radius 1 is 1.07 bits per heavy atom. The number of phenols is 2. The second-order valence-electron chi connectivity index (χ2n) is 6.48. The molecule has 136 valence electrons. The number of aromatic hydroxyl groups is 2. The number of ketones is 1. The van der Waals surface area contributed by atoms with Crippen LogP contribution in [0.3, 0.4) is 0 Å². The normalized spacial score (nSPS) is 14.4. The Labute approximate surface area is 159 Å². The zero-order valence-corrected chi connectivity index (χ0v) is 14.5. The van der Waals surface area contributed by atoms with Crippen LogP contribution in [0, 0.1) is 0 Å². The molecule has 0 fully saturated rings. The number of aromatic amines is 1. The highest BCUT2D eigenvalue weighted by Crippen LogP contribution is 2.41. The van der Waals surface area contributed by atoms with E-state index in [1.165, 1.54) is 6.07 Å². The number of allylic oxidation sites excluding steroid dienone is 1. The summed E-state index contributed by atoms with van der Waals surface area (Å²) < 4.78 is 5.66. The Morgan fingerprint density at radius 3 is 2.75 bits per heavy atom. The first kappa shape index (κ1) is 16.1. The van der Waals surface area contributed by atoms with Crippen molar-refractivity contribution >= 4 is 22.8 Å². The molecule has 1 aliphatic heterocycles. The standard InChI is InChI=1S/C22H14N2O4/c25-13-8-17(26)20-18(9-13)28-19(22(20)27)10-15-14-5-1-2-6-16(14)24-21(15)12-4-3-7-23-11-12/h1-11,24-26H/b19-10-. The average molecular weight is 370 g/mol. The fourth-order valence-electron chi connectivity index (χ4n) is 3.46. The molecule has 0 bridgehead atoms. The van der Waals surface area contributed by atoms with Crippen LogP contribution in [0.2, 0.25) is 0 Å². The van der Waals surface area contributed by atoms with Gasteiger partial charge in [0.1, 0.15) is 22.8 Å². The minimum absolute atomic E-state index is 0.0480. The van der Waals surface area contributed by atoms with E-state index in [9.17, 15) is 15.0 Å². The van der Waals surface area contributed by atoms with Crippen LogP contribution in [-0.4, -0.2) is 26.0 Å². The molecule has 0 atom stereocenters. The molecule has 28 heavy (non-hydrogen) atoms. The highest BCUT2D eigenvalue weighted by molar-refractivity contribution is 6.17. The third kappa shape index (κ3) is 2.43. The number of carbonyl (C=O) groups excluding carboxylic acids is 1. The number of hydrogen-bond donors (Lipinski definition) is 3. The SMILES string of the molecule is O=C1/C(=C/c2c(-c3cccnc3)[nH]c3ccccc23)Oc2cc(O)cc(O)c21. The summed E-state index contributed by atoms with van der Waals surface area (Å²) in [6.07, 6.45) is 5.09. The Hall–Kier alpha value is -4.06. The minimum atomic E-state index is -0.435. The number of phenolic OH excluding ortho intramolecular Hbond substituents is 2. The maximum absolute atomic E-state index is 12.8. The smallest absolute Gasteiger partial charge is 0.235 e. The van der Waals surface area contributed by atoms with Gasteiger partial charge >= 0.3 is 0 Å². The number of nitrogens with zero attached hydrogens (tertiary/aromatic N) is 1. The molecule has 0 amide bonds. The molecule has 2 aromatic heterocycles. The van der Waals surface area contributed by atoms with Gasteiger partial charge in [0, 0.05) is 46.6 Å². The fraction of sp³-hybridized carbons (Fsp3) is 0. The topological polar surface area (TPSA) is 95.4 Å². The van der Waals surface area contributed by atoms with Crippen LogP contribution in [0.1, 0.15) is 15.9 Å². The van der Waals surface area contributed by atoms with E-state index in [1.54, 1.807) is 18.5 Å². The number of para-hydroxylation sites is 1. The second kappa shape index (κ2) is 5.99. The lowest BCUT2D eigenvalue weighted by atomic mass is 10.0. The summed E-state index contributed by atoms with van der Waals surface area (Å²) in [5.74, 6) is -0.708. The molecule has 2 aromatic carbocycles. The number of fused-ring (bicyclic) bond motifs is 2. The molecule has 0 unspecified atom stereocenters. The predicted octanol–water partition coefficient (Wildman–Crippen LogP) is 4.26. The molecule has 0 spiro atoms. The van der Waals surface area contributed by atoms with Gasteiger partial charge in [-0.25, -0.2) is 0 Å². The monoisotopic (exact) mass is 370 g/mol. The summed E-state index contributed by atoms with van der Waals surface area (Å²) >= 11 is 0. The van der Waals surface area contributed by atoms with Crippen molar-refractivity contribution in [2.24, 2.45) is 0 Å². The van der Waals surface area contributed by atoms with Gasteiger partial charge in [0.25, 0.3) is 0 Å². The van der Waals surface area contributed by atoms with E-state index in [2.05, 4.69) is 9.97 Å². The van der Waals surface area contributed by atoms with Crippen molar-refractivity contribution in [2.75, 3.05) is 0 Å². The summed E-state index contributed by atoms with van der Waals surface area (Å²) in [6.45, 7) is 0. The third-order valence-electron chi connectivity index (χ3n) is 4.71. The van der Waals surface area contributed by atoms with E-state index in [1.807, 2.05) is 36.4 Å². The number of hydrogen-bond acceptors (Lipinski definition) is 5. The van der Waals surface area contributed by atoms with E-state index in [4.69, 9.17) is 4.74 Å². The summed E-state index contributed by atoms with van der Waals surface area (Å²) in [5.41, 5.74) is 3.42. The lowest BCUT2D eigenvalue weighted by molar-refractivity contribution is 0.101. The molecular formula is C22H14N2O4. The zero-order chi connectivity index (χ0) is 19.3. The molecule has 0 aliphatic carbocycles. The summed E-state index contributed by atoms with van der Waals surface area (Å²) in [5, 5.41) is 20.6. The fourth-order valence-corrected chi connectivity index (χ4v) is 3.46. The van der Waals surface area contributed by atoms with Gasteiger partial charge in [-0.15, -0.1) is 0 Å². The Bertz CT molecular complexity index is 1270. The highest BCUT2D eigenvalue weighted by Gasteiger charge is 2.32. The first-order valence-corrected chi connectivity index (χ1v) is 8.63. The summed E-state index contributed by atoms with van der Waals surface area (Å²) in [4.78, 5) is 20.3. The Morgan fingerprint density at radius 2 is 1.93 bits per heavy atom. The van der Waals surface area contributed by atoms with Gasteiger partial charge in [-0.3, -0.25) is 9.78 Å². The lowest BCUT2D eigenvalue weighted by Gasteiger charge is -2.02. The van der Waals surface area contributed by atoms with Crippen molar-refractivity contribution in [3.05, 3.63) is 77.8 Å². The molecule has 6 heteroatoms. The van der Waals surface area contributed by atoms with Crippen molar-refractivity contribution in [3.8, 4) is 28.5 Å². The van der Waals surface area contributed by atoms with Gasteiger partial charge in [0.2, 0.25) is 5.78 Å². The van der Waals surface area contributed by atoms with Crippen molar-refractivity contribution in [1.29, 1.82) is 0 Å². The molecule has 6 nitrogen and oxygen atoms in total. The second-order valence-corrected chi connectivity index (χ2v) is 6.48. The third-order valence-corrected chi connectivity index (χ3v) is 4.71. The predicted molar refractivity (Wildman–Crippen MR) is 104 cm³/mol. The maximum Gasteiger partial charge on any atom is 0.235 e. The molecule has 5 rings (SSSR count). The van der Waals surface area contributed by atoms with Crippen molar-refractivity contribution in [1.82, 2.24) is 9.97 Å². The molecule has 1 aliphatic rings. The number of benzene rings is 2. The van der Waals surface area contributed by atoms with E-state index in [0.717, 1.165) is 33.8 Å². The zero-order valence-electron chi connectivity index (χ0n) is 14.5. The first-order valence-electron chi connectivity index (χ1n) is 8.63. The number of carbonyl (C=O) groups is 1. The number of ether oxygens (including phenoxy) is 1. The van der Waals surface area contributed by atoms with Crippen molar-refractivity contribution < 1.29 is 19.7 Å². The molecule has 0 saturated heterocycles. The molecule has 0 radical (unpaired) electrons. The quantitative estimate of drug-likeness (QED) is 0.458. The van der Waals surface area contributed by atoms with Gasteiger partial charge in [-0.05, 0) is 24.3 Å². The van der Waals surface area contributed by atoms with Crippen LogP contribution in [0.4, 0.5) is 0 Å². The van der Waals surface area contributed by atoms with Crippen LogP contribution < -0.4 is 4.74 Å². The van der Waals surface area contributed by atoms with E-state index in [0.29, 0.717) is 0 Å². The number of nitrogens with one attached hydrogen (secondary N) is 1. The Kier molecular flexibility index (Phi) is 3.45. The van der Waals surface area contributed by atoms with Crippen LogP contribution in [0.15, 0.2) is 66.7 Å². The number of H-pyrrole nitrogens is 1. The van der Waals surface area contributed by atoms with Gasteiger partial charge in [-0.2, -0.15) is 0 Å². The molecule has 0 saturated carbocycles. The van der Waals surface area contributed by atoms with E-state index in [-0.39, 0.29) is 28.6 Å². The van der Waals surface area contributed by atoms with Crippen LogP contribution >= 0.6 is 0 Å². The largest absolute Gasteiger partial charge is 0.508 e. The lowest BCUT2D eigenvalue weighted by Crippen LogP contribution is -1.98. The highest BCUT2D eigenvalue weighted by atomic mass is 16.5. The molecule has 3 heterocycles. The van der Waals surface area contributed by atoms with Gasteiger partial charge in [0.15, 0.2) is 5.76 Å². The number of rotatable bonds is 2. The number of pyridine rings is 1. The summed E-state index contributed by atoms with van der Waals surface area (Å²) in [7, 11) is 0. The minimum Gasteiger partial charge on any atom is -0.508 e. The van der Waals surface area contributed by atoms with Crippen LogP contribution in [0.25, 0.3) is 28.2 Å². The van der Waals surface area contributed by atoms with Gasteiger partial charge in [0.05, 0.1) is 5.69 Å². The Balaban J connectivity index is 1.70. The van der Waals surface area contributed by atoms with Crippen molar-refractivity contribution in [3.63, 3.8) is 0 Å². The molecule has 4 aromatic rings. The summed E-state index contributed by atoms with van der Waals surface area (Å²) in [6, 6.07) is 13.9.